The van der Waals surface area contributed by atoms with Gasteiger partial charge in [-0.2, -0.15) is 0 Å². The molecular weight excluding hydrogens is 206 g/mol. The SMILES string of the molecule is Cn1c(CN)ccc1C(=O)N1CCOCC1. The van der Waals surface area contributed by atoms with Crippen molar-refractivity contribution in [2.45, 2.75) is 6.54 Å². The van der Waals surface area contributed by atoms with E-state index in [1.807, 2.05) is 28.6 Å². The van der Waals surface area contributed by atoms with Gasteiger partial charge in [0.25, 0.3) is 5.91 Å². The molecule has 1 aromatic heterocycles. The fraction of sp³-hybridized carbons (Fsp3) is 0.545. The van der Waals surface area contributed by atoms with Crippen LogP contribution in [0.3, 0.4) is 0 Å². The van der Waals surface area contributed by atoms with Gasteiger partial charge in [-0.15, -0.1) is 0 Å². The third kappa shape index (κ3) is 1.96. The highest BCUT2D eigenvalue weighted by molar-refractivity contribution is 5.93. The molecule has 1 amide bonds. The van der Waals surface area contributed by atoms with Gasteiger partial charge in [-0.25, -0.2) is 0 Å². The second-order valence-corrected chi connectivity index (χ2v) is 3.88. The Morgan fingerprint density at radius 1 is 1.44 bits per heavy atom. The summed E-state index contributed by atoms with van der Waals surface area (Å²) in [5.74, 6) is 0.0606. The molecule has 0 saturated carbocycles. The van der Waals surface area contributed by atoms with E-state index in [0.29, 0.717) is 38.5 Å². The molecule has 0 unspecified atom stereocenters. The first kappa shape index (κ1) is 11.2. The first-order chi connectivity index (χ1) is 7.74. The zero-order valence-corrected chi connectivity index (χ0v) is 9.48. The molecule has 0 bridgehead atoms. The van der Waals surface area contributed by atoms with Crippen LogP contribution in [-0.2, 0) is 18.3 Å². The molecule has 16 heavy (non-hydrogen) atoms. The minimum atomic E-state index is 0.0606. The summed E-state index contributed by atoms with van der Waals surface area (Å²) in [4.78, 5) is 14.0. The highest BCUT2D eigenvalue weighted by Crippen LogP contribution is 2.11. The average molecular weight is 223 g/mol. The van der Waals surface area contributed by atoms with Gasteiger partial charge < -0.3 is 19.9 Å². The average Bonchev–Trinajstić information content (AvgIpc) is 2.70. The molecule has 0 aromatic carbocycles. The number of carbonyl (C=O) groups is 1. The molecule has 5 nitrogen and oxygen atoms in total. The summed E-state index contributed by atoms with van der Waals surface area (Å²) in [6.45, 7) is 3.04. The Bertz CT molecular complexity index is 381. The molecule has 2 rings (SSSR count). The number of rotatable bonds is 2. The standard InChI is InChI=1S/C11H17N3O2/c1-13-9(8-12)2-3-10(13)11(15)14-4-6-16-7-5-14/h2-3H,4-8,12H2,1H3. The summed E-state index contributed by atoms with van der Waals surface area (Å²) in [7, 11) is 1.87. The molecule has 1 aliphatic heterocycles. The number of ether oxygens (including phenoxy) is 1. The van der Waals surface area contributed by atoms with E-state index < -0.39 is 0 Å². The molecular formula is C11H17N3O2. The predicted molar refractivity (Wildman–Crippen MR) is 60.0 cm³/mol. The lowest BCUT2D eigenvalue weighted by molar-refractivity contribution is 0.0296. The molecule has 0 spiro atoms. The molecule has 0 aliphatic carbocycles. The quantitative estimate of drug-likeness (QED) is 0.765. The highest BCUT2D eigenvalue weighted by atomic mass is 16.5. The van der Waals surface area contributed by atoms with E-state index in [-0.39, 0.29) is 5.91 Å². The van der Waals surface area contributed by atoms with Crippen molar-refractivity contribution in [3.63, 3.8) is 0 Å². The van der Waals surface area contributed by atoms with Crippen LogP contribution in [0.25, 0.3) is 0 Å². The topological polar surface area (TPSA) is 60.5 Å². The van der Waals surface area contributed by atoms with Crippen molar-refractivity contribution < 1.29 is 9.53 Å². The molecule has 0 atom stereocenters. The van der Waals surface area contributed by atoms with E-state index in [0.717, 1.165) is 5.69 Å². The Morgan fingerprint density at radius 2 is 2.12 bits per heavy atom. The normalized spacial score (nSPS) is 16.5. The van der Waals surface area contributed by atoms with Gasteiger partial charge in [0, 0.05) is 32.4 Å². The summed E-state index contributed by atoms with van der Waals surface area (Å²) >= 11 is 0. The number of nitrogens with two attached hydrogens (primary N) is 1. The van der Waals surface area contributed by atoms with Crippen molar-refractivity contribution >= 4 is 5.91 Å². The number of hydrogen-bond donors (Lipinski definition) is 1. The number of amides is 1. The number of morpholine rings is 1. The van der Waals surface area contributed by atoms with E-state index in [1.165, 1.54) is 0 Å². The van der Waals surface area contributed by atoms with Crippen LogP contribution >= 0.6 is 0 Å². The predicted octanol–water partition coefficient (Wildman–Crippen LogP) is -0.0438. The third-order valence-electron chi connectivity index (χ3n) is 2.95. The summed E-state index contributed by atoms with van der Waals surface area (Å²) < 4.78 is 7.08. The van der Waals surface area contributed by atoms with Crippen LogP contribution in [0.1, 0.15) is 16.2 Å². The van der Waals surface area contributed by atoms with Gasteiger partial charge in [0.2, 0.25) is 0 Å². The summed E-state index contributed by atoms with van der Waals surface area (Å²) in [5, 5.41) is 0. The van der Waals surface area contributed by atoms with Crippen LogP contribution in [0, 0.1) is 0 Å². The maximum atomic E-state index is 12.2. The number of nitrogens with zero attached hydrogens (tertiary/aromatic N) is 2. The Kier molecular flexibility index (Phi) is 3.26. The van der Waals surface area contributed by atoms with Gasteiger partial charge in [0.15, 0.2) is 0 Å². The number of carbonyl (C=O) groups excluding carboxylic acids is 1. The fourth-order valence-corrected chi connectivity index (χ4v) is 1.90. The van der Waals surface area contributed by atoms with Gasteiger partial charge in [-0.05, 0) is 12.1 Å². The van der Waals surface area contributed by atoms with Gasteiger partial charge >= 0.3 is 0 Å². The van der Waals surface area contributed by atoms with E-state index in [1.54, 1.807) is 0 Å². The van der Waals surface area contributed by atoms with Crippen molar-refractivity contribution in [3.05, 3.63) is 23.5 Å². The molecule has 1 aromatic rings. The number of hydrogen-bond acceptors (Lipinski definition) is 3. The molecule has 0 radical (unpaired) electrons. The van der Waals surface area contributed by atoms with Crippen LogP contribution in [0.2, 0.25) is 0 Å². The van der Waals surface area contributed by atoms with E-state index in [4.69, 9.17) is 10.5 Å². The van der Waals surface area contributed by atoms with Crippen LogP contribution in [0.4, 0.5) is 0 Å². The molecule has 1 fully saturated rings. The maximum absolute atomic E-state index is 12.2. The summed E-state index contributed by atoms with van der Waals surface area (Å²) in [6, 6.07) is 3.73. The molecule has 1 aliphatic rings. The zero-order valence-electron chi connectivity index (χ0n) is 9.48. The lowest BCUT2D eigenvalue weighted by atomic mass is 10.3. The van der Waals surface area contributed by atoms with E-state index in [9.17, 15) is 4.79 Å². The van der Waals surface area contributed by atoms with E-state index >= 15 is 0 Å². The van der Waals surface area contributed by atoms with Crippen molar-refractivity contribution in [2.24, 2.45) is 12.8 Å². The smallest absolute Gasteiger partial charge is 0.270 e. The Labute approximate surface area is 94.8 Å². The number of aromatic nitrogens is 1. The maximum Gasteiger partial charge on any atom is 0.270 e. The molecule has 2 N–H and O–H groups in total. The third-order valence-corrected chi connectivity index (χ3v) is 2.95. The van der Waals surface area contributed by atoms with Crippen LogP contribution < -0.4 is 5.73 Å². The summed E-state index contributed by atoms with van der Waals surface area (Å²) in [5.41, 5.74) is 7.24. The largest absolute Gasteiger partial charge is 0.378 e. The zero-order chi connectivity index (χ0) is 11.5. The molecule has 5 heteroatoms. The molecule has 88 valence electrons. The van der Waals surface area contributed by atoms with Gasteiger partial charge in [0.05, 0.1) is 13.2 Å². The Morgan fingerprint density at radius 3 is 2.69 bits per heavy atom. The van der Waals surface area contributed by atoms with Crippen LogP contribution in [0.15, 0.2) is 12.1 Å². The van der Waals surface area contributed by atoms with Gasteiger partial charge in [-0.3, -0.25) is 4.79 Å². The van der Waals surface area contributed by atoms with Crippen LogP contribution in [0.5, 0.6) is 0 Å². The van der Waals surface area contributed by atoms with Gasteiger partial charge in [0.1, 0.15) is 5.69 Å². The Balaban J connectivity index is 2.16. The van der Waals surface area contributed by atoms with Crippen LogP contribution in [-0.4, -0.2) is 41.7 Å². The van der Waals surface area contributed by atoms with Gasteiger partial charge in [-0.1, -0.05) is 0 Å². The molecule has 2 heterocycles. The second-order valence-electron chi connectivity index (χ2n) is 3.88. The fourth-order valence-electron chi connectivity index (χ4n) is 1.90. The second kappa shape index (κ2) is 4.67. The van der Waals surface area contributed by atoms with Crippen molar-refractivity contribution in [1.29, 1.82) is 0 Å². The lowest BCUT2D eigenvalue weighted by Crippen LogP contribution is -2.41. The van der Waals surface area contributed by atoms with Crippen molar-refractivity contribution in [2.75, 3.05) is 26.3 Å². The summed E-state index contributed by atoms with van der Waals surface area (Å²) in [6.07, 6.45) is 0. The Hall–Kier alpha value is -1.33. The monoisotopic (exact) mass is 223 g/mol. The van der Waals surface area contributed by atoms with Crippen molar-refractivity contribution in [3.8, 4) is 0 Å². The first-order valence-electron chi connectivity index (χ1n) is 5.45. The van der Waals surface area contributed by atoms with Crippen molar-refractivity contribution in [1.82, 2.24) is 9.47 Å². The molecule has 1 saturated heterocycles. The van der Waals surface area contributed by atoms with E-state index in [2.05, 4.69) is 0 Å². The lowest BCUT2D eigenvalue weighted by Gasteiger charge is -2.27. The minimum Gasteiger partial charge on any atom is -0.378 e. The highest BCUT2D eigenvalue weighted by Gasteiger charge is 2.21. The first-order valence-corrected chi connectivity index (χ1v) is 5.45. The minimum absolute atomic E-state index is 0.0606.